The first-order valence-electron chi connectivity index (χ1n) is 6.59. The predicted octanol–water partition coefficient (Wildman–Crippen LogP) is 1.21. The molecule has 0 saturated heterocycles. The number of nitrogens with one attached hydrogen (secondary N) is 1. The summed E-state index contributed by atoms with van der Waals surface area (Å²) in [6.45, 7) is 0. The lowest BCUT2D eigenvalue weighted by molar-refractivity contribution is -0.136. The first kappa shape index (κ1) is 13.2. The molecular formula is C16H15N3O2. The lowest BCUT2D eigenvalue weighted by atomic mass is 9.77. The van der Waals surface area contributed by atoms with Crippen molar-refractivity contribution in [1.29, 1.82) is 0 Å². The Kier molecular flexibility index (Phi) is 2.90. The monoisotopic (exact) mass is 281 g/mol. The van der Waals surface area contributed by atoms with Gasteiger partial charge in [0.05, 0.1) is 0 Å². The second-order valence-electron chi connectivity index (χ2n) is 5.19. The first-order chi connectivity index (χ1) is 10.0. The molecule has 0 radical (unpaired) electrons. The molecule has 0 spiro atoms. The van der Waals surface area contributed by atoms with Crippen molar-refractivity contribution in [1.82, 2.24) is 4.98 Å². The maximum absolute atomic E-state index is 11.7. The van der Waals surface area contributed by atoms with Gasteiger partial charge in [-0.3, -0.25) is 9.59 Å². The average molecular weight is 281 g/mol. The molecular weight excluding hydrogens is 266 g/mol. The van der Waals surface area contributed by atoms with Crippen LogP contribution < -0.4 is 11.5 Å². The van der Waals surface area contributed by atoms with E-state index in [2.05, 4.69) is 4.98 Å². The van der Waals surface area contributed by atoms with Gasteiger partial charge in [0.2, 0.25) is 11.8 Å². The van der Waals surface area contributed by atoms with Gasteiger partial charge in [-0.1, -0.05) is 42.5 Å². The minimum absolute atomic E-state index is 0.163. The minimum atomic E-state index is -1.45. The van der Waals surface area contributed by atoms with Crippen LogP contribution in [0.15, 0.2) is 42.5 Å². The predicted molar refractivity (Wildman–Crippen MR) is 79.8 cm³/mol. The Labute approximate surface area is 121 Å². The van der Waals surface area contributed by atoms with Crippen molar-refractivity contribution >= 4 is 17.9 Å². The number of primary amides is 2. The van der Waals surface area contributed by atoms with Gasteiger partial charge in [0.25, 0.3) is 0 Å². The van der Waals surface area contributed by atoms with Gasteiger partial charge in [-0.05, 0) is 17.2 Å². The van der Waals surface area contributed by atoms with E-state index in [0.717, 1.165) is 22.5 Å². The number of carbonyl (C=O) groups is 2. The summed E-state index contributed by atoms with van der Waals surface area (Å²) in [7, 11) is 0. The lowest BCUT2D eigenvalue weighted by Crippen LogP contribution is -2.48. The molecule has 0 bridgehead atoms. The van der Waals surface area contributed by atoms with Crippen LogP contribution in [0.1, 0.15) is 11.3 Å². The Morgan fingerprint density at radius 2 is 1.76 bits per heavy atom. The maximum Gasteiger partial charge on any atom is 0.237 e. The Balaban J connectivity index is 2.03. The third-order valence-corrected chi connectivity index (χ3v) is 3.90. The van der Waals surface area contributed by atoms with E-state index in [-0.39, 0.29) is 6.42 Å². The normalized spacial score (nSPS) is 15.4. The average Bonchev–Trinajstić information content (AvgIpc) is 2.90. The molecule has 1 heterocycles. The number of hydrogen-bond donors (Lipinski definition) is 3. The van der Waals surface area contributed by atoms with Gasteiger partial charge in [0, 0.05) is 17.8 Å². The fourth-order valence-corrected chi connectivity index (χ4v) is 2.61. The molecule has 2 aromatic rings. The fourth-order valence-electron chi connectivity index (χ4n) is 2.61. The van der Waals surface area contributed by atoms with Gasteiger partial charge < -0.3 is 16.5 Å². The number of H-pyrrole nitrogens is 1. The summed E-state index contributed by atoms with van der Waals surface area (Å²) >= 11 is 0. The number of benzene rings is 1. The smallest absolute Gasteiger partial charge is 0.237 e. The SMILES string of the molecule is NC(=O)C1(C(N)=O)C=Cc2cc(-c3ccccc3)[nH]c2C1. The molecule has 3 rings (SSSR count). The molecule has 2 amide bonds. The molecule has 5 N–H and O–H groups in total. The van der Waals surface area contributed by atoms with Crippen LogP contribution in [0, 0.1) is 5.41 Å². The molecule has 0 atom stereocenters. The number of aromatic amines is 1. The molecule has 106 valence electrons. The summed E-state index contributed by atoms with van der Waals surface area (Å²) in [5.41, 5.74) is 13.0. The van der Waals surface area contributed by atoms with Gasteiger partial charge >= 0.3 is 0 Å². The third-order valence-electron chi connectivity index (χ3n) is 3.90. The quantitative estimate of drug-likeness (QED) is 0.736. The Morgan fingerprint density at radius 1 is 1.10 bits per heavy atom. The van der Waals surface area contributed by atoms with Gasteiger partial charge in [0.1, 0.15) is 0 Å². The zero-order valence-electron chi connectivity index (χ0n) is 11.3. The van der Waals surface area contributed by atoms with E-state index in [1.54, 1.807) is 6.08 Å². The van der Waals surface area contributed by atoms with Crippen molar-refractivity contribution < 1.29 is 9.59 Å². The summed E-state index contributed by atoms with van der Waals surface area (Å²) in [5, 5.41) is 0. The van der Waals surface area contributed by atoms with Crippen molar-refractivity contribution in [3.8, 4) is 11.3 Å². The number of aromatic nitrogens is 1. The van der Waals surface area contributed by atoms with Crippen LogP contribution in [-0.2, 0) is 16.0 Å². The van der Waals surface area contributed by atoms with Crippen molar-refractivity contribution in [2.45, 2.75) is 6.42 Å². The lowest BCUT2D eigenvalue weighted by Gasteiger charge is -2.26. The van der Waals surface area contributed by atoms with Crippen LogP contribution in [0.2, 0.25) is 0 Å². The zero-order chi connectivity index (χ0) is 15.0. The molecule has 1 aromatic heterocycles. The molecule has 1 aromatic carbocycles. The fraction of sp³-hybridized carbons (Fsp3) is 0.125. The molecule has 0 unspecified atom stereocenters. The van der Waals surface area contributed by atoms with Crippen molar-refractivity contribution in [3.05, 3.63) is 53.7 Å². The first-order valence-corrected chi connectivity index (χ1v) is 6.59. The molecule has 0 saturated carbocycles. The van der Waals surface area contributed by atoms with E-state index in [9.17, 15) is 9.59 Å². The number of amides is 2. The van der Waals surface area contributed by atoms with Crippen molar-refractivity contribution in [2.24, 2.45) is 16.9 Å². The van der Waals surface area contributed by atoms with E-state index in [1.165, 1.54) is 6.08 Å². The summed E-state index contributed by atoms with van der Waals surface area (Å²) in [4.78, 5) is 26.6. The molecule has 5 nitrogen and oxygen atoms in total. The molecule has 5 heteroatoms. The van der Waals surface area contributed by atoms with Crippen LogP contribution in [0.3, 0.4) is 0 Å². The van der Waals surface area contributed by atoms with E-state index in [0.29, 0.717) is 0 Å². The Hall–Kier alpha value is -2.82. The maximum atomic E-state index is 11.7. The van der Waals surface area contributed by atoms with Crippen molar-refractivity contribution in [3.63, 3.8) is 0 Å². The molecule has 1 aliphatic carbocycles. The van der Waals surface area contributed by atoms with E-state index in [1.807, 2.05) is 36.4 Å². The molecule has 21 heavy (non-hydrogen) atoms. The standard InChI is InChI=1S/C16H15N3O2/c17-14(20)16(15(18)21)7-6-11-8-12(19-13(11)9-16)10-4-2-1-3-5-10/h1-8,19H,9H2,(H2,17,20)(H2,18,21). The minimum Gasteiger partial charge on any atom is -0.368 e. The molecule has 0 aliphatic heterocycles. The largest absolute Gasteiger partial charge is 0.368 e. The third kappa shape index (κ3) is 2.03. The highest BCUT2D eigenvalue weighted by atomic mass is 16.2. The van der Waals surface area contributed by atoms with Crippen LogP contribution in [0.25, 0.3) is 17.3 Å². The number of carbonyl (C=O) groups excluding carboxylic acids is 2. The number of rotatable bonds is 3. The summed E-state index contributed by atoms with van der Waals surface area (Å²) < 4.78 is 0. The highest BCUT2D eigenvalue weighted by molar-refractivity contribution is 6.07. The second-order valence-corrected chi connectivity index (χ2v) is 5.19. The number of hydrogen-bond acceptors (Lipinski definition) is 2. The highest BCUT2D eigenvalue weighted by Gasteiger charge is 2.43. The summed E-state index contributed by atoms with van der Waals surface area (Å²) in [6.07, 6.45) is 3.39. The topological polar surface area (TPSA) is 102 Å². The van der Waals surface area contributed by atoms with Gasteiger partial charge in [-0.15, -0.1) is 0 Å². The summed E-state index contributed by atoms with van der Waals surface area (Å²) in [5.74, 6) is -1.46. The van der Waals surface area contributed by atoms with Crippen LogP contribution in [0.5, 0.6) is 0 Å². The Morgan fingerprint density at radius 3 is 2.38 bits per heavy atom. The summed E-state index contributed by atoms with van der Waals surface area (Å²) in [6, 6.07) is 11.8. The van der Waals surface area contributed by atoms with Gasteiger partial charge in [-0.2, -0.15) is 0 Å². The molecule has 0 fully saturated rings. The van der Waals surface area contributed by atoms with E-state index in [4.69, 9.17) is 11.5 Å². The van der Waals surface area contributed by atoms with E-state index < -0.39 is 17.2 Å². The van der Waals surface area contributed by atoms with Crippen LogP contribution >= 0.6 is 0 Å². The van der Waals surface area contributed by atoms with Gasteiger partial charge in [0.15, 0.2) is 5.41 Å². The van der Waals surface area contributed by atoms with Crippen LogP contribution in [-0.4, -0.2) is 16.8 Å². The number of nitrogens with two attached hydrogens (primary N) is 2. The van der Waals surface area contributed by atoms with Gasteiger partial charge in [-0.25, -0.2) is 0 Å². The Bertz CT molecular complexity index is 730. The van der Waals surface area contributed by atoms with Crippen LogP contribution in [0.4, 0.5) is 0 Å². The highest BCUT2D eigenvalue weighted by Crippen LogP contribution is 2.34. The molecule has 1 aliphatic rings. The number of fused-ring (bicyclic) bond motifs is 1. The van der Waals surface area contributed by atoms with Crippen molar-refractivity contribution in [2.75, 3.05) is 0 Å². The zero-order valence-corrected chi connectivity index (χ0v) is 11.3. The van der Waals surface area contributed by atoms with E-state index >= 15 is 0 Å². The second kappa shape index (κ2) is 4.63.